The molecule has 1 aromatic rings. The highest BCUT2D eigenvalue weighted by Crippen LogP contribution is 2.46. The van der Waals surface area contributed by atoms with Crippen LogP contribution in [-0.2, 0) is 0 Å². The van der Waals surface area contributed by atoms with Gasteiger partial charge in [0.05, 0.1) is 18.7 Å². The van der Waals surface area contributed by atoms with E-state index in [1.165, 1.54) is 12.8 Å². The van der Waals surface area contributed by atoms with Gasteiger partial charge < -0.3 is 14.6 Å². The summed E-state index contributed by atoms with van der Waals surface area (Å²) in [5.41, 5.74) is 0.354. The van der Waals surface area contributed by atoms with Gasteiger partial charge in [-0.2, -0.15) is 0 Å². The Kier molecular flexibility index (Phi) is 4.08. The second kappa shape index (κ2) is 5.74. The lowest BCUT2D eigenvalue weighted by Crippen LogP contribution is -2.59. The third-order valence-electron chi connectivity index (χ3n) is 5.14. The Hall–Kier alpha value is -1.26. The largest absolute Gasteiger partial charge is 0.496 e. The summed E-state index contributed by atoms with van der Waals surface area (Å²) in [6.07, 6.45) is 1.76. The number of likely N-dealkylation sites (tertiary alicyclic amines) is 1. The smallest absolute Gasteiger partial charge is 0.129 e. The van der Waals surface area contributed by atoms with E-state index >= 15 is 0 Å². The maximum absolute atomic E-state index is 11.1. The second-order valence-electron chi connectivity index (χ2n) is 7.19. The van der Waals surface area contributed by atoms with E-state index in [1.807, 2.05) is 18.2 Å². The summed E-state index contributed by atoms with van der Waals surface area (Å²) in [7, 11) is 1.64. The molecular weight excluding hydrogens is 278 g/mol. The fourth-order valence-electron chi connectivity index (χ4n) is 3.91. The van der Waals surface area contributed by atoms with Crippen LogP contribution < -0.4 is 9.47 Å². The standard InChI is InChI=1S/C18H27NO3/c1-12-8-10-19(11-9-12)17-16(20)15-13(21-4)6-5-7-14(15)22-18(17,2)3/h5-7,12,16-17,20H,8-11H2,1-4H3. The molecule has 0 amide bonds. The Labute approximate surface area is 133 Å². The van der Waals surface area contributed by atoms with Crippen molar-refractivity contribution in [1.29, 1.82) is 0 Å². The first-order chi connectivity index (χ1) is 10.4. The molecule has 1 N–H and O–H groups in total. The zero-order valence-corrected chi connectivity index (χ0v) is 14.0. The van der Waals surface area contributed by atoms with Crippen LogP contribution in [0.5, 0.6) is 11.5 Å². The van der Waals surface area contributed by atoms with Crippen molar-refractivity contribution in [3.63, 3.8) is 0 Å². The molecule has 0 aliphatic carbocycles. The summed E-state index contributed by atoms with van der Waals surface area (Å²) in [5.74, 6) is 2.21. The lowest BCUT2D eigenvalue weighted by atomic mass is 9.83. The first kappa shape index (κ1) is 15.6. The summed E-state index contributed by atoms with van der Waals surface area (Å²) in [5, 5.41) is 11.1. The molecule has 2 heterocycles. The molecule has 2 unspecified atom stereocenters. The van der Waals surface area contributed by atoms with Gasteiger partial charge in [-0.1, -0.05) is 13.0 Å². The van der Waals surface area contributed by atoms with Crippen LogP contribution in [0.1, 0.15) is 45.3 Å². The molecule has 22 heavy (non-hydrogen) atoms. The number of aliphatic hydroxyl groups excluding tert-OH is 1. The van der Waals surface area contributed by atoms with Gasteiger partial charge in [-0.3, -0.25) is 4.90 Å². The molecule has 0 radical (unpaired) electrons. The predicted molar refractivity (Wildman–Crippen MR) is 86.4 cm³/mol. The number of fused-ring (bicyclic) bond motifs is 1. The predicted octanol–water partition coefficient (Wildman–Crippen LogP) is 3.00. The van der Waals surface area contributed by atoms with Crippen LogP contribution in [0.15, 0.2) is 18.2 Å². The number of piperidine rings is 1. The molecule has 1 fully saturated rings. The molecule has 0 bridgehead atoms. The topological polar surface area (TPSA) is 41.9 Å². The fraction of sp³-hybridized carbons (Fsp3) is 0.667. The molecule has 2 atom stereocenters. The van der Waals surface area contributed by atoms with Gasteiger partial charge in [-0.15, -0.1) is 0 Å². The average Bonchev–Trinajstić information content (AvgIpc) is 2.47. The van der Waals surface area contributed by atoms with Crippen LogP contribution >= 0.6 is 0 Å². The number of hydrogen-bond donors (Lipinski definition) is 1. The second-order valence-corrected chi connectivity index (χ2v) is 7.19. The van der Waals surface area contributed by atoms with E-state index in [2.05, 4.69) is 25.7 Å². The van der Waals surface area contributed by atoms with Crippen LogP contribution in [0.2, 0.25) is 0 Å². The third-order valence-corrected chi connectivity index (χ3v) is 5.14. The van der Waals surface area contributed by atoms with E-state index in [4.69, 9.17) is 9.47 Å². The number of hydrogen-bond acceptors (Lipinski definition) is 4. The first-order valence-electron chi connectivity index (χ1n) is 8.22. The van der Waals surface area contributed by atoms with Gasteiger partial charge in [-0.05, 0) is 57.8 Å². The molecule has 2 aliphatic rings. The van der Waals surface area contributed by atoms with Gasteiger partial charge in [0, 0.05) is 0 Å². The highest BCUT2D eigenvalue weighted by molar-refractivity contribution is 5.49. The Morgan fingerprint density at radius 1 is 1.27 bits per heavy atom. The Bertz CT molecular complexity index is 535. The van der Waals surface area contributed by atoms with E-state index in [1.54, 1.807) is 7.11 Å². The highest BCUT2D eigenvalue weighted by atomic mass is 16.5. The van der Waals surface area contributed by atoms with Crippen molar-refractivity contribution >= 4 is 0 Å². The molecule has 4 nitrogen and oxygen atoms in total. The number of rotatable bonds is 2. The SMILES string of the molecule is COc1cccc2c1C(O)C(N1CCC(C)CC1)C(C)(C)O2. The summed E-state index contributed by atoms with van der Waals surface area (Å²) >= 11 is 0. The van der Waals surface area contributed by atoms with E-state index in [0.717, 1.165) is 30.3 Å². The highest BCUT2D eigenvalue weighted by Gasteiger charge is 2.47. The van der Waals surface area contributed by atoms with Crippen molar-refractivity contribution in [2.45, 2.75) is 51.4 Å². The zero-order valence-electron chi connectivity index (χ0n) is 14.0. The summed E-state index contributed by atoms with van der Waals surface area (Å²) < 4.78 is 11.7. The molecule has 2 aliphatic heterocycles. The van der Waals surface area contributed by atoms with Crippen LogP contribution in [-0.4, -0.2) is 41.8 Å². The van der Waals surface area contributed by atoms with Crippen molar-refractivity contribution < 1.29 is 14.6 Å². The molecule has 0 saturated carbocycles. The first-order valence-corrected chi connectivity index (χ1v) is 8.22. The van der Waals surface area contributed by atoms with E-state index < -0.39 is 11.7 Å². The van der Waals surface area contributed by atoms with Crippen LogP contribution in [0.4, 0.5) is 0 Å². The monoisotopic (exact) mass is 305 g/mol. The van der Waals surface area contributed by atoms with Crippen molar-refractivity contribution in [3.05, 3.63) is 23.8 Å². The van der Waals surface area contributed by atoms with Crippen molar-refractivity contribution in [3.8, 4) is 11.5 Å². The lowest BCUT2D eigenvalue weighted by Gasteiger charge is -2.49. The summed E-state index contributed by atoms with van der Waals surface area (Å²) in [6.45, 7) is 8.47. The van der Waals surface area contributed by atoms with Gasteiger partial charge in [-0.25, -0.2) is 0 Å². The van der Waals surface area contributed by atoms with Crippen molar-refractivity contribution in [2.24, 2.45) is 5.92 Å². The van der Waals surface area contributed by atoms with Crippen molar-refractivity contribution in [1.82, 2.24) is 4.90 Å². The normalized spacial score (nSPS) is 28.8. The Morgan fingerprint density at radius 2 is 1.95 bits per heavy atom. The minimum atomic E-state index is -0.594. The minimum absolute atomic E-state index is 0.0520. The number of nitrogens with zero attached hydrogens (tertiary/aromatic N) is 1. The van der Waals surface area contributed by atoms with Crippen LogP contribution in [0, 0.1) is 5.92 Å². The minimum Gasteiger partial charge on any atom is -0.496 e. The molecule has 3 rings (SSSR count). The lowest BCUT2D eigenvalue weighted by molar-refractivity contribution is -0.0909. The summed E-state index contributed by atoms with van der Waals surface area (Å²) in [4.78, 5) is 2.39. The Morgan fingerprint density at radius 3 is 2.59 bits per heavy atom. The van der Waals surface area contributed by atoms with Gasteiger partial charge in [0.2, 0.25) is 0 Å². The van der Waals surface area contributed by atoms with Crippen LogP contribution in [0.3, 0.4) is 0 Å². The van der Waals surface area contributed by atoms with E-state index in [-0.39, 0.29) is 6.04 Å². The van der Waals surface area contributed by atoms with E-state index in [0.29, 0.717) is 5.75 Å². The number of aliphatic hydroxyl groups is 1. The molecule has 1 saturated heterocycles. The quantitative estimate of drug-likeness (QED) is 0.912. The molecule has 1 aromatic carbocycles. The third kappa shape index (κ3) is 2.59. The number of benzene rings is 1. The number of ether oxygens (including phenoxy) is 2. The maximum Gasteiger partial charge on any atom is 0.129 e. The van der Waals surface area contributed by atoms with Gasteiger partial charge in [0.1, 0.15) is 23.2 Å². The Balaban J connectivity index is 1.96. The molecule has 0 spiro atoms. The zero-order chi connectivity index (χ0) is 15.9. The molecular formula is C18H27NO3. The molecule has 4 heteroatoms. The van der Waals surface area contributed by atoms with Crippen LogP contribution in [0.25, 0.3) is 0 Å². The average molecular weight is 305 g/mol. The maximum atomic E-state index is 11.1. The molecule has 122 valence electrons. The fourth-order valence-corrected chi connectivity index (χ4v) is 3.91. The van der Waals surface area contributed by atoms with E-state index in [9.17, 15) is 5.11 Å². The van der Waals surface area contributed by atoms with Gasteiger partial charge >= 0.3 is 0 Å². The molecule has 0 aromatic heterocycles. The van der Waals surface area contributed by atoms with Crippen molar-refractivity contribution in [2.75, 3.05) is 20.2 Å². The van der Waals surface area contributed by atoms with Gasteiger partial charge in [0.25, 0.3) is 0 Å². The van der Waals surface area contributed by atoms with Gasteiger partial charge in [0.15, 0.2) is 0 Å². The number of methoxy groups -OCH3 is 1. The summed E-state index contributed by atoms with van der Waals surface area (Å²) in [6, 6.07) is 5.66.